The van der Waals surface area contributed by atoms with Crippen LogP contribution in [0.15, 0.2) is 46.7 Å². The van der Waals surface area contributed by atoms with Gasteiger partial charge in [-0.2, -0.15) is 0 Å². The number of benzene rings is 1. The Hall–Kier alpha value is -2.71. The molecule has 2 heterocycles. The summed E-state index contributed by atoms with van der Waals surface area (Å²) in [6.07, 6.45) is 1.62. The van der Waals surface area contributed by atoms with Gasteiger partial charge in [0.15, 0.2) is 4.96 Å². The first-order valence-corrected chi connectivity index (χ1v) is 8.88. The number of thiazole rings is 1. The molecule has 0 fully saturated rings. The van der Waals surface area contributed by atoms with E-state index < -0.39 is 17.9 Å². The van der Waals surface area contributed by atoms with Gasteiger partial charge in [0.05, 0.1) is 5.69 Å². The first-order valence-electron chi connectivity index (χ1n) is 7.63. The Morgan fingerprint density at radius 1 is 1.35 bits per heavy atom. The molecule has 1 N–H and O–H groups in total. The number of nitrogens with one attached hydrogen (secondary N) is 1. The van der Waals surface area contributed by atoms with Gasteiger partial charge in [-0.25, -0.2) is 9.78 Å². The van der Waals surface area contributed by atoms with Crippen LogP contribution < -0.4 is 10.9 Å². The topological polar surface area (TPSA) is 89.8 Å². The van der Waals surface area contributed by atoms with Crippen molar-refractivity contribution < 1.29 is 14.3 Å². The summed E-state index contributed by atoms with van der Waals surface area (Å²) < 4.78 is 6.55. The SMILES string of the molecule is C[C@H](NC(=O)c1ccc(Cl)cc1)C(=O)OCc1cc(=O)n2ccsc2n1. The maximum Gasteiger partial charge on any atom is 0.328 e. The number of aromatic nitrogens is 2. The summed E-state index contributed by atoms with van der Waals surface area (Å²) >= 11 is 7.09. The Bertz CT molecular complexity index is 1010. The number of rotatable bonds is 5. The van der Waals surface area contributed by atoms with Gasteiger partial charge in [-0.05, 0) is 31.2 Å². The molecule has 0 unspecified atom stereocenters. The number of carbonyl (C=O) groups is 2. The highest BCUT2D eigenvalue weighted by molar-refractivity contribution is 7.15. The molecule has 0 aliphatic heterocycles. The van der Waals surface area contributed by atoms with Crippen LogP contribution in [0.1, 0.15) is 23.0 Å². The minimum Gasteiger partial charge on any atom is -0.458 e. The lowest BCUT2D eigenvalue weighted by atomic mass is 10.2. The smallest absolute Gasteiger partial charge is 0.328 e. The quantitative estimate of drug-likeness (QED) is 0.674. The molecule has 0 aliphatic rings. The van der Waals surface area contributed by atoms with Gasteiger partial charge < -0.3 is 10.1 Å². The largest absolute Gasteiger partial charge is 0.458 e. The molecule has 0 radical (unpaired) electrons. The second-order valence-corrected chi connectivity index (χ2v) is 6.76. The molecule has 0 saturated heterocycles. The first kappa shape index (κ1) is 18.1. The maximum absolute atomic E-state index is 12.1. The Kier molecular flexibility index (Phi) is 5.34. The highest BCUT2D eigenvalue weighted by Gasteiger charge is 2.18. The van der Waals surface area contributed by atoms with E-state index in [9.17, 15) is 14.4 Å². The summed E-state index contributed by atoms with van der Waals surface area (Å²) in [7, 11) is 0. The van der Waals surface area contributed by atoms with Crippen LogP contribution in [0.25, 0.3) is 4.96 Å². The lowest BCUT2D eigenvalue weighted by Gasteiger charge is -2.13. The van der Waals surface area contributed by atoms with E-state index in [1.54, 1.807) is 35.8 Å². The minimum atomic E-state index is -0.857. The van der Waals surface area contributed by atoms with Crippen LogP contribution in [0, 0.1) is 0 Å². The van der Waals surface area contributed by atoms with Gasteiger partial charge in [0.25, 0.3) is 11.5 Å². The molecule has 7 nitrogen and oxygen atoms in total. The van der Waals surface area contributed by atoms with Crippen LogP contribution in [0.4, 0.5) is 0 Å². The van der Waals surface area contributed by atoms with E-state index in [1.807, 2.05) is 0 Å². The molecular weight excluding hydrogens is 378 g/mol. The molecule has 1 atom stereocenters. The second-order valence-electron chi connectivity index (χ2n) is 5.45. The number of esters is 1. The highest BCUT2D eigenvalue weighted by atomic mass is 35.5. The summed E-state index contributed by atoms with van der Waals surface area (Å²) in [5, 5.41) is 4.81. The summed E-state index contributed by atoms with van der Waals surface area (Å²) in [5.41, 5.74) is 0.486. The van der Waals surface area contributed by atoms with Crippen LogP contribution in [0.2, 0.25) is 5.02 Å². The molecule has 9 heteroatoms. The number of ether oxygens (including phenoxy) is 1. The van der Waals surface area contributed by atoms with Gasteiger partial charge in [0, 0.05) is 28.2 Å². The predicted molar refractivity (Wildman–Crippen MR) is 97.5 cm³/mol. The monoisotopic (exact) mass is 391 g/mol. The normalized spacial score (nSPS) is 11.9. The molecule has 0 aliphatic carbocycles. The molecule has 3 rings (SSSR count). The van der Waals surface area contributed by atoms with Crippen molar-refractivity contribution in [1.82, 2.24) is 14.7 Å². The average molecular weight is 392 g/mol. The lowest BCUT2D eigenvalue weighted by Crippen LogP contribution is -2.39. The molecule has 134 valence electrons. The third-order valence-electron chi connectivity index (χ3n) is 3.53. The van der Waals surface area contributed by atoms with Crippen molar-refractivity contribution in [3.8, 4) is 0 Å². The molecule has 0 saturated carbocycles. The average Bonchev–Trinajstić information content (AvgIpc) is 3.09. The maximum atomic E-state index is 12.1. The number of nitrogens with zero attached hydrogens (tertiary/aromatic N) is 2. The van der Waals surface area contributed by atoms with Crippen LogP contribution in [0.3, 0.4) is 0 Å². The molecule has 3 aromatic rings. The number of hydrogen-bond donors (Lipinski definition) is 1. The van der Waals surface area contributed by atoms with E-state index >= 15 is 0 Å². The molecule has 1 aromatic carbocycles. The fourth-order valence-corrected chi connectivity index (χ4v) is 3.04. The zero-order valence-electron chi connectivity index (χ0n) is 13.6. The van der Waals surface area contributed by atoms with Crippen molar-refractivity contribution in [3.05, 3.63) is 68.5 Å². The van der Waals surface area contributed by atoms with E-state index in [1.165, 1.54) is 28.7 Å². The van der Waals surface area contributed by atoms with Crippen LogP contribution >= 0.6 is 22.9 Å². The van der Waals surface area contributed by atoms with Gasteiger partial charge >= 0.3 is 5.97 Å². The van der Waals surface area contributed by atoms with E-state index in [2.05, 4.69) is 10.3 Å². The van der Waals surface area contributed by atoms with Crippen molar-refractivity contribution in [1.29, 1.82) is 0 Å². The Balaban J connectivity index is 1.59. The van der Waals surface area contributed by atoms with Crippen LogP contribution in [-0.4, -0.2) is 27.3 Å². The molecule has 2 aromatic heterocycles. The summed E-state index contributed by atoms with van der Waals surface area (Å²) in [5.74, 6) is -1.04. The third-order valence-corrected chi connectivity index (χ3v) is 4.53. The standard InChI is InChI=1S/C17H14ClN3O4S/c1-10(19-15(23)11-2-4-12(18)5-3-11)16(24)25-9-13-8-14(22)21-6-7-26-17(21)20-13/h2-8,10H,9H2,1H3,(H,19,23)/t10-/m0/s1. The van der Waals surface area contributed by atoms with Crippen LogP contribution in [-0.2, 0) is 16.1 Å². The summed E-state index contributed by atoms with van der Waals surface area (Å²) in [6.45, 7) is 1.37. The molecule has 26 heavy (non-hydrogen) atoms. The van der Waals surface area contributed by atoms with E-state index in [0.717, 1.165) is 0 Å². The van der Waals surface area contributed by atoms with E-state index in [-0.39, 0.29) is 12.2 Å². The summed E-state index contributed by atoms with van der Waals surface area (Å²) in [6, 6.07) is 6.75. The molecule has 0 spiro atoms. The van der Waals surface area contributed by atoms with Gasteiger partial charge in [-0.15, -0.1) is 11.3 Å². The first-order chi connectivity index (χ1) is 12.4. The Morgan fingerprint density at radius 2 is 2.08 bits per heavy atom. The zero-order chi connectivity index (χ0) is 18.7. The number of carbonyl (C=O) groups excluding carboxylic acids is 2. The second kappa shape index (κ2) is 7.67. The van der Waals surface area contributed by atoms with Gasteiger partial charge in [0.2, 0.25) is 0 Å². The Labute approximate surface area is 157 Å². The number of hydrogen-bond acceptors (Lipinski definition) is 6. The number of fused-ring (bicyclic) bond motifs is 1. The van der Waals surface area contributed by atoms with Gasteiger partial charge in [-0.1, -0.05) is 11.6 Å². The van der Waals surface area contributed by atoms with Gasteiger partial charge in [-0.3, -0.25) is 14.0 Å². The number of amides is 1. The minimum absolute atomic E-state index is 0.149. The predicted octanol–water partition coefficient (Wildman–Crippen LogP) is 2.27. The van der Waals surface area contributed by atoms with Crippen molar-refractivity contribution >= 4 is 39.8 Å². The molecule has 0 bridgehead atoms. The fourth-order valence-electron chi connectivity index (χ4n) is 2.17. The van der Waals surface area contributed by atoms with Crippen molar-refractivity contribution in [2.75, 3.05) is 0 Å². The van der Waals surface area contributed by atoms with Crippen molar-refractivity contribution in [2.24, 2.45) is 0 Å². The van der Waals surface area contributed by atoms with E-state index in [4.69, 9.17) is 16.3 Å². The third kappa shape index (κ3) is 4.09. The number of halogens is 1. The summed E-state index contributed by atoms with van der Waals surface area (Å²) in [4.78, 5) is 40.8. The van der Waals surface area contributed by atoms with Gasteiger partial charge in [0.1, 0.15) is 12.6 Å². The van der Waals surface area contributed by atoms with Crippen LogP contribution in [0.5, 0.6) is 0 Å². The highest BCUT2D eigenvalue weighted by Crippen LogP contribution is 2.10. The van der Waals surface area contributed by atoms with Crippen molar-refractivity contribution in [3.63, 3.8) is 0 Å². The van der Waals surface area contributed by atoms with E-state index in [0.29, 0.717) is 21.2 Å². The molecule has 1 amide bonds. The Morgan fingerprint density at radius 3 is 2.81 bits per heavy atom. The zero-order valence-corrected chi connectivity index (χ0v) is 15.2. The fraction of sp³-hybridized carbons (Fsp3) is 0.176. The van der Waals surface area contributed by atoms with Crippen molar-refractivity contribution in [2.45, 2.75) is 19.6 Å². The molecular formula is C17H14ClN3O4S. The lowest BCUT2D eigenvalue weighted by molar-refractivity contribution is -0.146.